The third-order valence-electron chi connectivity index (χ3n) is 4.59. The normalized spacial score (nSPS) is 16.2. The Morgan fingerprint density at radius 3 is 3.00 bits per heavy atom. The first-order valence-corrected chi connectivity index (χ1v) is 8.64. The molecule has 0 saturated carbocycles. The molecule has 0 saturated heterocycles. The summed E-state index contributed by atoms with van der Waals surface area (Å²) < 4.78 is 0. The van der Waals surface area contributed by atoms with Crippen LogP contribution in [0.4, 0.5) is 5.69 Å². The second-order valence-corrected chi connectivity index (χ2v) is 6.42. The Hall–Kier alpha value is -3.22. The number of imidazole rings is 1. The van der Waals surface area contributed by atoms with Gasteiger partial charge in [0.2, 0.25) is 11.8 Å². The van der Waals surface area contributed by atoms with Gasteiger partial charge in [0.15, 0.2) is 5.65 Å². The van der Waals surface area contributed by atoms with Crippen LogP contribution in [-0.2, 0) is 22.6 Å². The molecule has 3 aromatic rings. The van der Waals surface area contributed by atoms with Gasteiger partial charge in [0.1, 0.15) is 5.82 Å². The van der Waals surface area contributed by atoms with Crippen LogP contribution in [0.1, 0.15) is 24.2 Å². The van der Waals surface area contributed by atoms with Crippen LogP contribution < -0.4 is 10.6 Å². The molecule has 7 heteroatoms. The number of hydrogen-bond donors (Lipinski definition) is 3. The first-order chi connectivity index (χ1) is 12.7. The Morgan fingerprint density at radius 2 is 2.12 bits per heavy atom. The van der Waals surface area contributed by atoms with Gasteiger partial charge in [-0.3, -0.25) is 9.59 Å². The van der Waals surface area contributed by atoms with E-state index in [1.165, 1.54) is 0 Å². The topological polar surface area (TPSA) is 99.8 Å². The van der Waals surface area contributed by atoms with E-state index in [0.717, 1.165) is 16.8 Å². The molecule has 0 radical (unpaired) electrons. The number of hydrogen-bond acceptors (Lipinski definition) is 4. The third kappa shape index (κ3) is 3.42. The summed E-state index contributed by atoms with van der Waals surface area (Å²) in [6.45, 7) is 0.314. The van der Waals surface area contributed by atoms with Gasteiger partial charge in [-0.05, 0) is 36.6 Å². The highest BCUT2D eigenvalue weighted by atomic mass is 16.2. The molecular weight excluding hydrogens is 330 g/mol. The minimum Gasteiger partial charge on any atom is -0.349 e. The van der Waals surface area contributed by atoms with E-state index in [9.17, 15) is 9.59 Å². The molecule has 2 aromatic heterocycles. The SMILES string of the molecule is O=C(CCC1Cc2ccccc2NC1=O)NCc1nc2ncccc2[nH]1. The standard InChI is InChI=1S/C19H19N5O2/c25-17(21-11-16-22-15-6-3-9-20-18(15)24-16)8-7-13-10-12-4-1-2-5-14(12)23-19(13)26/h1-6,9,13H,7-8,10-11H2,(H,21,25)(H,23,26)(H,20,22,24). The average Bonchev–Trinajstić information content (AvgIpc) is 3.07. The van der Waals surface area contributed by atoms with Crippen molar-refractivity contribution in [3.8, 4) is 0 Å². The number of fused-ring (bicyclic) bond motifs is 2. The molecule has 2 amide bonds. The lowest BCUT2D eigenvalue weighted by Crippen LogP contribution is -2.31. The first-order valence-electron chi connectivity index (χ1n) is 8.64. The van der Waals surface area contributed by atoms with Crippen molar-refractivity contribution >= 4 is 28.7 Å². The van der Waals surface area contributed by atoms with Crippen molar-refractivity contribution in [2.45, 2.75) is 25.8 Å². The summed E-state index contributed by atoms with van der Waals surface area (Å²) in [5.74, 6) is 0.382. The van der Waals surface area contributed by atoms with Crippen molar-refractivity contribution in [2.75, 3.05) is 5.32 Å². The fourth-order valence-corrected chi connectivity index (χ4v) is 3.20. The Labute approximate surface area is 150 Å². The molecule has 0 spiro atoms. The highest BCUT2D eigenvalue weighted by Crippen LogP contribution is 2.27. The smallest absolute Gasteiger partial charge is 0.227 e. The molecule has 1 aliphatic heterocycles. The Kier molecular flexibility index (Phi) is 4.35. The molecular formula is C19H19N5O2. The maximum atomic E-state index is 12.2. The van der Waals surface area contributed by atoms with Crippen molar-refractivity contribution in [3.05, 3.63) is 54.0 Å². The first kappa shape index (κ1) is 16.3. The molecule has 4 rings (SSSR count). The van der Waals surface area contributed by atoms with Crippen molar-refractivity contribution in [3.63, 3.8) is 0 Å². The van der Waals surface area contributed by atoms with Gasteiger partial charge < -0.3 is 15.6 Å². The number of nitrogens with zero attached hydrogens (tertiary/aromatic N) is 2. The van der Waals surface area contributed by atoms with Crippen LogP contribution in [-0.4, -0.2) is 26.8 Å². The fourth-order valence-electron chi connectivity index (χ4n) is 3.20. The molecule has 1 atom stereocenters. The number of aromatic nitrogens is 3. The van der Waals surface area contributed by atoms with Crippen molar-refractivity contribution in [1.82, 2.24) is 20.3 Å². The summed E-state index contributed by atoms with van der Waals surface area (Å²) in [5, 5.41) is 5.76. The summed E-state index contributed by atoms with van der Waals surface area (Å²) in [4.78, 5) is 35.9. The average molecular weight is 349 g/mol. The van der Waals surface area contributed by atoms with Crippen LogP contribution in [0.15, 0.2) is 42.6 Å². The van der Waals surface area contributed by atoms with E-state index in [1.807, 2.05) is 36.4 Å². The summed E-state index contributed by atoms with van der Waals surface area (Å²) in [7, 11) is 0. The molecule has 132 valence electrons. The minimum atomic E-state index is -0.175. The number of anilines is 1. The van der Waals surface area contributed by atoms with Crippen LogP contribution in [0.25, 0.3) is 11.2 Å². The van der Waals surface area contributed by atoms with Gasteiger partial charge in [-0.1, -0.05) is 18.2 Å². The number of benzene rings is 1. The van der Waals surface area contributed by atoms with Gasteiger partial charge in [-0.2, -0.15) is 0 Å². The van der Waals surface area contributed by atoms with Crippen LogP contribution in [0, 0.1) is 5.92 Å². The molecule has 3 heterocycles. The Morgan fingerprint density at radius 1 is 1.23 bits per heavy atom. The van der Waals surface area contributed by atoms with Gasteiger partial charge in [0.25, 0.3) is 0 Å². The maximum absolute atomic E-state index is 12.2. The number of H-pyrrole nitrogens is 1. The minimum absolute atomic E-state index is 0.0140. The number of amides is 2. The molecule has 1 unspecified atom stereocenters. The molecule has 26 heavy (non-hydrogen) atoms. The molecule has 3 N–H and O–H groups in total. The fraction of sp³-hybridized carbons (Fsp3) is 0.263. The lowest BCUT2D eigenvalue weighted by atomic mass is 9.89. The van der Waals surface area contributed by atoms with E-state index in [2.05, 4.69) is 25.6 Å². The lowest BCUT2D eigenvalue weighted by Gasteiger charge is -2.24. The molecule has 0 fully saturated rings. The molecule has 0 bridgehead atoms. The van der Waals surface area contributed by atoms with Gasteiger partial charge in [0.05, 0.1) is 12.1 Å². The quantitative estimate of drug-likeness (QED) is 0.657. The van der Waals surface area contributed by atoms with Crippen molar-refractivity contribution in [1.29, 1.82) is 0 Å². The van der Waals surface area contributed by atoms with Gasteiger partial charge in [-0.25, -0.2) is 9.97 Å². The monoisotopic (exact) mass is 349 g/mol. The second-order valence-electron chi connectivity index (χ2n) is 6.42. The zero-order chi connectivity index (χ0) is 17.9. The Balaban J connectivity index is 1.29. The van der Waals surface area contributed by atoms with Gasteiger partial charge >= 0.3 is 0 Å². The Bertz CT molecular complexity index is 932. The summed E-state index contributed by atoms with van der Waals surface area (Å²) in [6, 6.07) is 11.5. The number of aromatic amines is 1. The number of carbonyl (C=O) groups is 2. The van der Waals surface area contributed by atoms with E-state index >= 15 is 0 Å². The molecule has 7 nitrogen and oxygen atoms in total. The largest absolute Gasteiger partial charge is 0.349 e. The highest BCUT2D eigenvalue weighted by molar-refractivity contribution is 5.96. The van der Waals surface area contributed by atoms with E-state index < -0.39 is 0 Å². The van der Waals surface area contributed by atoms with E-state index in [4.69, 9.17) is 0 Å². The second kappa shape index (κ2) is 6.95. The number of nitrogens with one attached hydrogen (secondary N) is 3. The van der Waals surface area contributed by atoms with Crippen LogP contribution in [0.5, 0.6) is 0 Å². The summed E-state index contributed by atoms with van der Waals surface area (Å²) in [6.07, 6.45) is 3.18. The molecule has 0 aliphatic carbocycles. The number of pyridine rings is 1. The van der Waals surface area contributed by atoms with Crippen LogP contribution in [0.3, 0.4) is 0 Å². The van der Waals surface area contributed by atoms with Crippen molar-refractivity contribution in [2.24, 2.45) is 5.92 Å². The third-order valence-corrected chi connectivity index (χ3v) is 4.59. The van der Waals surface area contributed by atoms with Gasteiger partial charge in [0, 0.05) is 24.2 Å². The number of para-hydroxylation sites is 1. The van der Waals surface area contributed by atoms with E-state index in [-0.39, 0.29) is 17.7 Å². The predicted molar refractivity (Wildman–Crippen MR) is 97.2 cm³/mol. The van der Waals surface area contributed by atoms with Crippen LogP contribution in [0.2, 0.25) is 0 Å². The summed E-state index contributed by atoms with van der Waals surface area (Å²) in [5.41, 5.74) is 3.47. The zero-order valence-corrected chi connectivity index (χ0v) is 14.2. The van der Waals surface area contributed by atoms with Crippen molar-refractivity contribution < 1.29 is 9.59 Å². The summed E-state index contributed by atoms with van der Waals surface area (Å²) >= 11 is 0. The van der Waals surface area contributed by atoms with Gasteiger partial charge in [-0.15, -0.1) is 0 Å². The predicted octanol–water partition coefficient (Wildman–Crippen LogP) is 2.17. The zero-order valence-electron chi connectivity index (χ0n) is 14.2. The highest BCUT2D eigenvalue weighted by Gasteiger charge is 2.26. The van der Waals surface area contributed by atoms with E-state index in [1.54, 1.807) is 6.20 Å². The number of rotatable bonds is 5. The van der Waals surface area contributed by atoms with Crippen LogP contribution >= 0.6 is 0 Å². The molecule has 1 aromatic carbocycles. The van der Waals surface area contributed by atoms with E-state index in [0.29, 0.717) is 37.3 Å². The molecule has 1 aliphatic rings. The number of carbonyl (C=O) groups excluding carboxylic acids is 2. The maximum Gasteiger partial charge on any atom is 0.227 e. The lowest BCUT2D eigenvalue weighted by molar-refractivity contribution is -0.123.